The second-order valence-corrected chi connectivity index (χ2v) is 10.4. The van der Waals surface area contributed by atoms with Crippen LogP contribution >= 0.6 is 0 Å². The summed E-state index contributed by atoms with van der Waals surface area (Å²) < 4.78 is 0. The molecule has 2 fully saturated rings. The summed E-state index contributed by atoms with van der Waals surface area (Å²) in [4.78, 5) is 29.6. The number of nitrogens with one attached hydrogen (secondary N) is 1. The number of aromatic nitrogens is 2. The lowest BCUT2D eigenvalue weighted by molar-refractivity contribution is -0.134. The van der Waals surface area contributed by atoms with Gasteiger partial charge in [-0.05, 0) is 67.0 Å². The van der Waals surface area contributed by atoms with Gasteiger partial charge in [0.25, 0.3) is 0 Å². The van der Waals surface area contributed by atoms with E-state index in [1.807, 2.05) is 23.1 Å². The predicted molar refractivity (Wildman–Crippen MR) is 129 cm³/mol. The lowest BCUT2D eigenvalue weighted by Crippen LogP contribution is -2.39. The maximum Gasteiger partial charge on any atom is 0.237 e. The Hall–Kier alpha value is -2.80. The highest BCUT2D eigenvalue weighted by atomic mass is 16.2. The number of hydrogen-bond acceptors (Lipinski definition) is 5. The van der Waals surface area contributed by atoms with Crippen molar-refractivity contribution in [1.29, 1.82) is 0 Å². The van der Waals surface area contributed by atoms with E-state index < -0.39 is 0 Å². The van der Waals surface area contributed by atoms with E-state index in [-0.39, 0.29) is 23.1 Å². The standard InChI is InChI=1S/C26H35N5O2/c1-26(2,3)17-24(32)30-15-11-20(12-16-30)19-6-8-22(9-7-19)31(23-5-4-13-28-29-23)25(33)21-10-14-27-18-21/h4-9,13,20-21,27H,10-12,14-18H2,1-3H3/t21-/m0/s1. The van der Waals surface area contributed by atoms with Crippen molar-refractivity contribution in [1.82, 2.24) is 20.4 Å². The van der Waals surface area contributed by atoms with Crippen molar-refractivity contribution in [3.8, 4) is 0 Å². The second kappa shape index (κ2) is 10.00. The second-order valence-electron chi connectivity index (χ2n) is 10.4. The van der Waals surface area contributed by atoms with Crippen LogP contribution < -0.4 is 10.2 Å². The molecule has 2 aromatic rings. The van der Waals surface area contributed by atoms with Crippen molar-refractivity contribution < 1.29 is 9.59 Å². The lowest BCUT2D eigenvalue weighted by Gasteiger charge is -2.34. The Morgan fingerprint density at radius 2 is 1.82 bits per heavy atom. The van der Waals surface area contributed by atoms with E-state index in [2.05, 4.69) is 48.4 Å². The quantitative estimate of drug-likeness (QED) is 0.749. The van der Waals surface area contributed by atoms with E-state index in [0.29, 0.717) is 24.7 Å². The van der Waals surface area contributed by atoms with Gasteiger partial charge in [-0.3, -0.25) is 14.5 Å². The number of hydrogen-bond donors (Lipinski definition) is 1. The zero-order chi connectivity index (χ0) is 23.4. The smallest absolute Gasteiger partial charge is 0.237 e. The van der Waals surface area contributed by atoms with Crippen molar-refractivity contribution in [2.24, 2.45) is 11.3 Å². The van der Waals surface area contributed by atoms with Gasteiger partial charge >= 0.3 is 0 Å². The van der Waals surface area contributed by atoms with Gasteiger partial charge in [0.15, 0.2) is 5.82 Å². The number of likely N-dealkylation sites (tertiary alicyclic amines) is 1. The first kappa shape index (κ1) is 23.4. The van der Waals surface area contributed by atoms with Crippen LogP contribution in [0.3, 0.4) is 0 Å². The number of carbonyl (C=O) groups is 2. The summed E-state index contributed by atoms with van der Waals surface area (Å²) in [5, 5.41) is 11.5. The van der Waals surface area contributed by atoms with Crippen LogP contribution in [-0.4, -0.2) is 53.1 Å². The highest BCUT2D eigenvalue weighted by Crippen LogP contribution is 2.33. The summed E-state index contributed by atoms with van der Waals surface area (Å²) in [6.45, 7) is 9.49. The van der Waals surface area contributed by atoms with Gasteiger partial charge in [-0.15, -0.1) is 5.10 Å². The molecular formula is C26H35N5O2. The molecule has 2 aliphatic rings. The number of piperidine rings is 1. The lowest BCUT2D eigenvalue weighted by atomic mass is 9.87. The summed E-state index contributed by atoms with van der Waals surface area (Å²) in [7, 11) is 0. The highest BCUT2D eigenvalue weighted by molar-refractivity contribution is 6.01. The Morgan fingerprint density at radius 3 is 2.39 bits per heavy atom. The van der Waals surface area contributed by atoms with Gasteiger partial charge < -0.3 is 10.2 Å². The molecule has 0 unspecified atom stereocenters. The van der Waals surface area contributed by atoms with Gasteiger partial charge in [-0.25, -0.2) is 0 Å². The average molecular weight is 450 g/mol. The Labute approximate surface area is 196 Å². The number of benzene rings is 1. The molecule has 1 aromatic heterocycles. The molecule has 3 heterocycles. The third-order valence-electron chi connectivity index (χ3n) is 6.57. The van der Waals surface area contributed by atoms with Gasteiger partial charge in [0.1, 0.15) is 0 Å². The minimum atomic E-state index is -0.0540. The molecule has 2 aliphatic heterocycles. The first-order chi connectivity index (χ1) is 15.8. The SMILES string of the molecule is CC(C)(C)CC(=O)N1CCC(c2ccc(N(C(=O)[C@H]3CCNC3)c3cccnn3)cc2)CC1. The third-order valence-corrected chi connectivity index (χ3v) is 6.57. The molecular weight excluding hydrogens is 414 g/mol. The molecule has 176 valence electrons. The normalized spacial score (nSPS) is 19.5. The van der Waals surface area contributed by atoms with Gasteiger partial charge in [0.2, 0.25) is 11.8 Å². The molecule has 4 rings (SSSR count). The Balaban J connectivity index is 1.45. The van der Waals surface area contributed by atoms with Gasteiger partial charge in [0, 0.05) is 32.3 Å². The van der Waals surface area contributed by atoms with E-state index in [0.717, 1.165) is 44.6 Å². The van der Waals surface area contributed by atoms with Crippen molar-refractivity contribution >= 4 is 23.3 Å². The van der Waals surface area contributed by atoms with Crippen molar-refractivity contribution in [2.75, 3.05) is 31.1 Å². The van der Waals surface area contributed by atoms with E-state index in [1.54, 1.807) is 17.2 Å². The Bertz CT molecular complexity index is 941. The molecule has 1 atom stereocenters. The Morgan fingerprint density at radius 1 is 1.09 bits per heavy atom. The summed E-state index contributed by atoms with van der Waals surface area (Å²) in [5.74, 6) is 1.24. The van der Waals surface area contributed by atoms with Crippen molar-refractivity contribution in [3.05, 3.63) is 48.2 Å². The Kier molecular flexibility index (Phi) is 7.08. The summed E-state index contributed by atoms with van der Waals surface area (Å²) in [6.07, 6.45) is 4.98. The molecule has 0 bridgehead atoms. The number of carbonyl (C=O) groups excluding carboxylic acids is 2. The van der Waals surface area contributed by atoms with Crippen LogP contribution in [0.15, 0.2) is 42.6 Å². The molecule has 0 spiro atoms. The minimum absolute atomic E-state index is 0.0186. The minimum Gasteiger partial charge on any atom is -0.343 e. The molecule has 7 heteroatoms. The van der Waals surface area contributed by atoms with Crippen molar-refractivity contribution in [2.45, 2.75) is 52.4 Å². The van der Waals surface area contributed by atoms with Crippen LogP contribution in [0, 0.1) is 11.3 Å². The molecule has 0 saturated carbocycles. The molecule has 7 nitrogen and oxygen atoms in total. The molecule has 2 saturated heterocycles. The van der Waals surface area contributed by atoms with Gasteiger partial charge in [-0.2, -0.15) is 5.10 Å². The maximum absolute atomic E-state index is 13.3. The van der Waals surface area contributed by atoms with Crippen LogP contribution in [0.2, 0.25) is 0 Å². The summed E-state index contributed by atoms with van der Waals surface area (Å²) in [5.41, 5.74) is 2.09. The van der Waals surface area contributed by atoms with E-state index in [4.69, 9.17) is 0 Å². The number of rotatable bonds is 5. The zero-order valence-corrected chi connectivity index (χ0v) is 20.0. The zero-order valence-electron chi connectivity index (χ0n) is 20.0. The fraction of sp³-hybridized carbons (Fsp3) is 0.538. The first-order valence-electron chi connectivity index (χ1n) is 12.0. The van der Waals surface area contributed by atoms with E-state index in [9.17, 15) is 9.59 Å². The monoisotopic (exact) mass is 449 g/mol. The highest BCUT2D eigenvalue weighted by Gasteiger charge is 2.31. The van der Waals surface area contributed by atoms with Gasteiger partial charge in [0.05, 0.1) is 11.6 Å². The van der Waals surface area contributed by atoms with Crippen LogP contribution in [0.25, 0.3) is 0 Å². The number of anilines is 2. The topological polar surface area (TPSA) is 78.4 Å². The molecule has 33 heavy (non-hydrogen) atoms. The fourth-order valence-electron chi connectivity index (χ4n) is 4.76. The maximum atomic E-state index is 13.3. The molecule has 2 amide bonds. The predicted octanol–water partition coefficient (Wildman–Crippen LogP) is 3.89. The molecule has 1 aromatic carbocycles. The first-order valence-corrected chi connectivity index (χ1v) is 12.0. The molecule has 0 aliphatic carbocycles. The summed E-state index contributed by atoms with van der Waals surface area (Å²) in [6, 6.07) is 11.9. The summed E-state index contributed by atoms with van der Waals surface area (Å²) >= 11 is 0. The third kappa shape index (κ3) is 5.77. The van der Waals surface area contributed by atoms with E-state index in [1.165, 1.54) is 5.56 Å². The van der Waals surface area contributed by atoms with Gasteiger partial charge in [-0.1, -0.05) is 32.9 Å². The van der Waals surface area contributed by atoms with E-state index >= 15 is 0 Å². The van der Waals surface area contributed by atoms with Crippen LogP contribution in [0.1, 0.15) is 57.9 Å². The van der Waals surface area contributed by atoms with Crippen LogP contribution in [0.5, 0.6) is 0 Å². The van der Waals surface area contributed by atoms with Crippen molar-refractivity contribution in [3.63, 3.8) is 0 Å². The number of nitrogens with zero attached hydrogens (tertiary/aromatic N) is 4. The molecule has 0 radical (unpaired) electrons. The fourth-order valence-corrected chi connectivity index (χ4v) is 4.76. The largest absolute Gasteiger partial charge is 0.343 e. The van der Waals surface area contributed by atoms with Crippen LogP contribution in [0.4, 0.5) is 11.5 Å². The molecule has 1 N–H and O–H groups in total. The average Bonchev–Trinajstić information content (AvgIpc) is 3.35. The number of amides is 2. The van der Waals surface area contributed by atoms with Crippen LogP contribution in [-0.2, 0) is 9.59 Å².